The number of hydrogen-bond donors (Lipinski definition) is 0. The highest BCUT2D eigenvalue weighted by atomic mass is 32.2. The summed E-state index contributed by atoms with van der Waals surface area (Å²) in [5, 5.41) is 0. The van der Waals surface area contributed by atoms with Crippen molar-refractivity contribution >= 4 is 10.1 Å². The molecule has 0 atom stereocenters. The average Bonchev–Trinajstić information content (AvgIpc) is 2.67. The molecule has 6 nitrogen and oxygen atoms in total. The zero-order valence-corrected chi connectivity index (χ0v) is 19.2. The lowest BCUT2D eigenvalue weighted by molar-refractivity contribution is -0.697. The highest BCUT2D eigenvalue weighted by Crippen LogP contribution is 2.27. The third-order valence-corrected chi connectivity index (χ3v) is 5.73. The number of aryl methyl sites for hydroxylation is 1. The fourth-order valence-electron chi connectivity index (χ4n) is 3.15. The van der Waals surface area contributed by atoms with Crippen LogP contribution in [0.2, 0.25) is 0 Å². The van der Waals surface area contributed by atoms with Gasteiger partial charge in [-0.25, -0.2) is 13.0 Å². The average molecular weight is 430 g/mol. The van der Waals surface area contributed by atoms with E-state index in [1.807, 2.05) is 36.0 Å². The minimum atomic E-state index is -4.19. The molecular weight excluding hydrogens is 390 g/mol. The molecule has 0 fully saturated rings. The van der Waals surface area contributed by atoms with Crippen molar-refractivity contribution in [2.45, 2.75) is 90.9 Å². The fourth-order valence-corrected chi connectivity index (χ4v) is 3.64. The molecule has 1 heterocycles. The molecule has 29 heavy (non-hydrogen) atoms. The second kappa shape index (κ2) is 14.1. The predicted molar refractivity (Wildman–Crippen MR) is 113 cm³/mol. The van der Waals surface area contributed by atoms with Crippen LogP contribution in [0.3, 0.4) is 0 Å². The maximum absolute atomic E-state index is 10.8. The van der Waals surface area contributed by atoms with Crippen molar-refractivity contribution in [2.24, 2.45) is 0 Å². The number of unbranched alkanes of at least 4 members (excludes halogenated alkanes) is 6. The van der Waals surface area contributed by atoms with E-state index in [9.17, 15) is 13.0 Å². The number of rotatable bonds is 17. The number of pyridine rings is 1. The second-order valence-electron chi connectivity index (χ2n) is 7.71. The van der Waals surface area contributed by atoms with Crippen LogP contribution in [0.4, 0.5) is 0 Å². The summed E-state index contributed by atoms with van der Waals surface area (Å²) in [6.45, 7) is 8.05. The summed E-state index contributed by atoms with van der Waals surface area (Å²) in [5.41, 5.74) is 0.899. The van der Waals surface area contributed by atoms with Crippen molar-refractivity contribution in [1.29, 1.82) is 0 Å². The number of ether oxygens (including phenoxy) is 2. The molecule has 1 rings (SSSR count). The van der Waals surface area contributed by atoms with Gasteiger partial charge in [0.1, 0.15) is 6.54 Å². The maximum atomic E-state index is 10.8. The molecule has 0 aliphatic heterocycles. The molecule has 0 bridgehead atoms. The molecule has 0 aliphatic carbocycles. The van der Waals surface area contributed by atoms with Gasteiger partial charge in [0.05, 0.1) is 28.9 Å². The Bertz CT molecular complexity index is 649. The highest BCUT2D eigenvalue weighted by Gasteiger charge is 2.31. The Labute approximate surface area is 177 Å². The summed E-state index contributed by atoms with van der Waals surface area (Å²) in [6.07, 6.45) is 13.1. The Balaban J connectivity index is 2.76. The van der Waals surface area contributed by atoms with Crippen LogP contribution >= 0.6 is 0 Å². The van der Waals surface area contributed by atoms with Crippen LogP contribution in [0.15, 0.2) is 24.5 Å². The predicted octanol–water partition coefficient (Wildman–Crippen LogP) is 4.28. The van der Waals surface area contributed by atoms with E-state index in [0.29, 0.717) is 19.8 Å². The van der Waals surface area contributed by atoms with Crippen LogP contribution in [-0.4, -0.2) is 31.9 Å². The first-order valence-electron chi connectivity index (χ1n) is 11.0. The van der Waals surface area contributed by atoms with Crippen LogP contribution in [-0.2, 0) is 31.9 Å². The van der Waals surface area contributed by atoms with Gasteiger partial charge < -0.3 is 14.0 Å². The molecular formula is C22H39NO5S. The Morgan fingerprint density at radius 3 is 2.07 bits per heavy atom. The van der Waals surface area contributed by atoms with E-state index in [0.717, 1.165) is 31.2 Å². The Morgan fingerprint density at radius 1 is 0.966 bits per heavy atom. The molecule has 0 unspecified atom stereocenters. The van der Waals surface area contributed by atoms with E-state index < -0.39 is 15.9 Å². The smallest absolute Gasteiger partial charge is 0.197 e. The Kier molecular flexibility index (Phi) is 12.6. The van der Waals surface area contributed by atoms with Gasteiger partial charge in [-0.3, -0.25) is 0 Å². The van der Waals surface area contributed by atoms with E-state index >= 15 is 0 Å². The molecule has 0 radical (unpaired) electrons. The van der Waals surface area contributed by atoms with Gasteiger partial charge in [0, 0.05) is 18.2 Å². The fraction of sp³-hybridized carbons (Fsp3) is 0.773. The Hall–Kier alpha value is -1.02. The first-order chi connectivity index (χ1) is 13.8. The van der Waals surface area contributed by atoms with Crippen LogP contribution in [0.5, 0.6) is 0 Å². The topological polar surface area (TPSA) is 79.5 Å². The van der Waals surface area contributed by atoms with Crippen LogP contribution in [0.25, 0.3) is 0 Å². The van der Waals surface area contributed by atoms with Gasteiger partial charge >= 0.3 is 0 Å². The van der Waals surface area contributed by atoms with Gasteiger partial charge in [0.25, 0.3) is 0 Å². The van der Waals surface area contributed by atoms with Crippen molar-refractivity contribution in [3.8, 4) is 0 Å². The minimum absolute atomic E-state index is 0.284. The first-order valence-corrected chi connectivity index (χ1v) is 12.6. The standard InChI is InChI=1S/C22H39NO5S/c1-4-6-8-10-17-27-22(3,28-18-11-9-7-5-2)21-14-12-15-23(20-21)16-13-19-29(24,25)26/h12,14-15,20H,4-11,13,16-19H2,1-3H3. The number of hydrogen-bond acceptors (Lipinski definition) is 5. The molecule has 1 aromatic rings. The molecule has 1 aromatic heterocycles. The van der Waals surface area contributed by atoms with Gasteiger partial charge in [-0.05, 0) is 25.8 Å². The molecule has 0 saturated heterocycles. The lowest BCUT2D eigenvalue weighted by atomic mass is 10.1. The van der Waals surface area contributed by atoms with Gasteiger partial charge in [0.15, 0.2) is 18.2 Å². The van der Waals surface area contributed by atoms with Crippen molar-refractivity contribution in [3.05, 3.63) is 30.1 Å². The summed E-state index contributed by atoms with van der Waals surface area (Å²) < 4.78 is 46.8. The van der Waals surface area contributed by atoms with Crippen molar-refractivity contribution < 1.29 is 27.0 Å². The van der Waals surface area contributed by atoms with Crippen molar-refractivity contribution in [1.82, 2.24) is 0 Å². The summed E-state index contributed by atoms with van der Waals surface area (Å²) >= 11 is 0. The summed E-state index contributed by atoms with van der Waals surface area (Å²) in [5.74, 6) is -1.20. The van der Waals surface area contributed by atoms with Gasteiger partial charge in [-0.15, -0.1) is 0 Å². The summed E-state index contributed by atoms with van der Waals surface area (Å²) in [6, 6.07) is 3.87. The summed E-state index contributed by atoms with van der Waals surface area (Å²) in [4.78, 5) is 0. The van der Waals surface area contributed by atoms with E-state index in [-0.39, 0.29) is 12.2 Å². The zero-order valence-electron chi connectivity index (χ0n) is 18.4. The first kappa shape index (κ1) is 26.0. The largest absolute Gasteiger partial charge is 0.748 e. The van der Waals surface area contributed by atoms with Gasteiger partial charge in [-0.1, -0.05) is 52.4 Å². The second-order valence-corrected chi connectivity index (χ2v) is 9.23. The zero-order chi connectivity index (χ0) is 21.6. The summed E-state index contributed by atoms with van der Waals surface area (Å²) in [7, 11) is -4.19. The maximum Gasteiger partial charge on any atom is 0.197 e. The lowest BCUT2D eigenvalue weighted by Gasteiger charge is -2.30. The van der Waals surface area contributed by atoms with Crippen LogP contribution in [0, 0.1) is 0 Å². The molecule has 7 heteroatoms. The molecule has 0 aromatic carbocycles. The normalized spacial score (nSPS) is 12.4. The SMILES string of the molecule is CCCCCCOC(C)(OCCCCCC)c1ccc[n+](CCCS(=O)(=O)[O-])c1. The number of nitrogens with zero attached hydrogens (tertiary/aromatic N) is 1. The van der Waals surface area contributed by atoms with E-state index in [1.165, 1.54) is 25.7 Å². The monoisotopic (exact) mass is 429 g/mol. The quantitative estimate of drug-likeness (QED) is 0.160. The molecule has 0 N–H and O–H groups in total. The van der Waals surface area contributed by atoms with E-state index in [2.05, 4.69) is 13.8 Å². The van der Waals surface area contributed by atoms with Crippen LogP contribution < -0.4 is 4.57 Å². The lowest BCUT2D eigenvalue weighted by Crippen LogP contribution is -2.38. The minimum Gasteiger partial charge on any atom is -0.748 e. The molecule has 168 valence electrons. The Morgan fingerprint density at radius 2 is 1.55 bits per heavy atom. The van der Waals surface area contributed by atoms with Gasteiger partial charge in [0.2, 0.25) is 0 Å². The van der Waals surface area contributed by atoms with Gasteiger partial charge in [-0.2, -0.15) is 0 Å². The van der Waals surface area contributed by atoms with Crippen LogP contribution in [0.1, 0.15) is 84.1 Å². The molecule has 0 aliphatic rings. The third kappa shape index (κ3) is 11.7. The van der Waals surface area contributed by atoms with E-state index in [4.69, 9.17) is 9.47 Å². The van der Waals surface area contributed by atoms with Crippen molar-refractivity contribution in [3.63, 3.8) is 0 Å². The molecule has 0 spiro atoms. The molecule has 0 saturated carbocycles. The highest BCUT2D eigenvalue weighted by molar-refractivity contribution is 7.85. The number of aromatic nitrogens is 1. The van der Waals surface area contributed by atoms with E-state index in [1.54, 1.807) is 0 Å². The molecule has 0 amide bonds. The third-order valence-electron chi connectivity index (χ3n) is 4.94. The van der Waals surface area contributed by atoms with Crippen molar-refractivity contribution in [2.75, 3.05) is 19.0 Å².